The summed E-state index contributed by atoms with van der Waals surface area (Å²) in [5, 5.41) is 9.23. The number of carboxylic acids is 1. The molecule has 0 aliphatic carbocycles. The lowest BCUT2D eigenvalue weighted by atomic mass is 10.0. The van der Waals surface area contributed by atoms with Crippen molar-refractivity contribution in [1.29, 1.82) is 0 Å². The first-order valence-corrected chi connectivity index (χ1v) is 8.25. The number of piperidine rings is 1. The molecule has 1 aromatic carbocycles. The number of carbonyl (C=O) groups is 2. The molecule has 1 aliphatic rings. The molecule has 1 atom stereocenters. The molecular formula is C15H18FNO3S. The molecule has 0 spiro atoms. The fraction of sp³-hybridized carbons (Fsp3) is 0.467. The number of nitrogens with zero attached hydrogens (tertiary/aromatic N) is 1. The van der Waals surface area contributed by atoms with Gasteiger partial charge in [0.25, 0.3) is 5.91 Å². The number of hydrogen-bond donors (Lipinski definition) is 1. The topological polar surface area (TPSA) is 57.6 Å². The highest BCUT2D eigenvalue weighted by molar-refractivity contribution is 7.97. The van der Waals surface area contributed by atoms with E-state index < -0.39 is 12.0 Å². The van der Waals surface area contributed by atoms with Crippen LogP contribution in [0.3, 0.4) is 0 Å². The third kappa shape index (κ3) is 3.56. The summed E-state index contributed by atoms with van der Waals surface area (Å²) in [4.78, 5) is 25.2. The van der Waals surface area contributed by atoms with E-state index in [0.29, 0.717) is 29.8 Å². The van der Waals surface area contributed by atoms with Crippen molar-refractivity contribution in [3.05, 3.63) is 35.1 Å². The third-order valence-corrected chi connectivity index (χ3v) is 4.24. The number of thioether (sulfide) groups is 1. The van der Waals surface area contributed by atoms with E-state index in [9.17, 15) is 19.1 Å². The number of carbonyl (C=O) groups excluding carboxylic acids is 1. The van der Waals surface area contributed by atoms with E-state index in [1.165, 1.54) is 34.9 Å². The molecule has 21 heavy (non-hydrogen) atoms. The van der Waals surface area contributed by atoms with Gasteiger partial charge in [0.15, 0.2) is 0 Å². The quantitative estimate of drug-likeness (QED) is 0.929. The molecule has 0 radical (unpaired) electrons. The van der Waals surface area contributed by atoms with Gasteiger partial charge >= 0.3 is 5.97 Å². The van der Waals surface area contributed by atoms with E-state index in [0.717, 1.165) is 12.8 Å². The summed E-state index contributed by atoms with van der Waals surface area (Å²) in [7, 11) is 0. The molecule has 1 heterocycles. The Labute approximate surface area is 127 Å². The highest BCUT2D eigenvalue weighted by atomic mass is 32.2. The van der Waals surface area contributed by atoms with Crippen LogP contribution in [0.2, 0.25) is 0 Å². The predicted octanol–water partition coefficient (Wildman–Crippen LogP) is 2.77. The number of likely N-dealkylation sites (tertiary alicyclic amines) is 1. The molecule has 0 aromatic heterocycles. The minimum atomic E-state index is -0.977. The molecule has 114 valence electrons. The standard InChI is InChI=1S/C15H18FNO3S/c1-21-9-11-8-10(5-6-12(11)16)14(18)17-7-3-2-4-13(17)15(19)20/h5-6,8,13H,2-4,7,9H2,1H3,(H,19,20)/t13-/m1/s1. The normalized spacial score (nSPS) is 18.6. The molecule has 1 amide bonds. The van der Waals surface area contributed by atoms with Gasteiger partial charge in [0, 0.05) is 17.9 Å². The summed E-state index contributed by atoms with van der Waals surface area (Å²) >= 11 is 1.47. The SMILES string of the molecule is CSCc1cc(C(=O)N2CCCC[C@@H]2C(=O)O)ccc1F. The van der Waals surface area contributed by atoms with Crippen LogP contribution in [0.4, 0.5) is 4.39 Å². The van der Waals surface area contributed by atoms with E-state index in [1.807, 2.05) is 6.26 Å². The molecular weight excluding hydrogens is 293 g/mol. The lowest BCUT2D eigenvalue weighted by molar-refractivity contribution is -0.143. The maximum absolute atomic E-state index is 13.6. The lowest BCUT2D eigenvalue weighted by Crippen LogP contribution is -2.48. The third-order valence-electron chi connectivity index (χ3n) is 3.64. The Kier molecular flexibility index (Phi) is 5.22. The average Bonchev–Trinajstić information content (AvgIpc) is 2.49. The molecule has 0 bridgehead atoms. The Morgan fingerprint density at radius 1 is 1.43 bits per heavy atom. The second-order valence-electron chi connectivity index (χ2n) is 5.09. The molecule has 0 saturated carbocycles. The van der Waals surface area contributed by atoms with Crippen molar-refractivity contribution in [2.75, 3.05) is 12.8 Å². The van der Waals surface area contributed by atoms with Crippen LogP contribution in [0.15, 0.2) is 18.2 Å². The van der Waals surface area contributed by atoms with Crippen LogP contribution < -0.4 is 0 Å². The zero-order valence-corrected chi connectivity index (χ0v) is 12.7. The fourth-order valence-corrected chi connectivity index (χ4v) is 3.10. The van der Waals surface area contributed by atoms with E-state index in [2.05, 4.69) is 0 Å². The Hall–Kier alpha value is -1.56. The zero-order valence-electron chi connectivity index (χ0n) is 11.8. The Morgan fingerprint density at radius 2 is 2.19 bits per heavy atom. The van der Waals surface area contributed by atoms with Crippen LogP contribution in [0.1, 0.15) is 35.2 Å². The van der Waals surface area contributed by atoms with E-state index in [4.69, 9.17) is 0 Å². The lowest BCUT2D eigenvalue weighted by Gasteiger charge is -2.33. The summed E-state index contributed by atoms with van der Waals surface area (Å²) in [5.41, 5.74) is 0.825. The highest BCUT2D eigenvalue weighted by Gasteiger charge is 2.32. The van der Waals surface area contributed by atoms with Gasteiger partial charge in [-0.05, 0) is 49.3 Å². The van der Waals surface area contributed by atoms with Crippen LogP contribution >= 0.6 is 11.8 Å². The van der Waals surface area contributed by atoms with Gasteiger partial charge in [0.2, 0.25) is 0 Å². The van der Waals surface area contributed by atoms with Gasteiger partial charge in [-0.3, -0.25) is 4.79 Å². The summed E-state index contributed by atoms with van der Waals surface area (Å²) in [6, 6.07) is 3.45. The van der Waals surface area contributed by atoms with Crippen LogP contribution in [0, 0.1) is 5.82 Å². The summed E-state index contributed by atoms with van der Waals surface area (Å²) in [6.45, 7) is 0.436. The second kappa shape index (κ2) is 6.93. The first-order valence-electron chi connectivity index (χ1n) is 6.85. The number of aliphatic carboxylic acids is 1. The van der Waals surface area contributed by atoms with Gasteiger partial charge < -0.3 is 10.0 Å². The summed E-state index contributed by atoms with van der Waals surface area (Å²) < 4.78 is 13.6. The van der Waals surface area contributed by atoms with Crippen molar-refractivity contribution in [3.63, 3.8) is 0 Å². The van der Waals surface area contributed by atoms with Gasteiger partial charge in [0.1, 0.15) is 11.9 Å². The number of benzene rings is 1. The Bertz CT molecular complexity index is 550. The van der Waals surface area contributed by atoms with E-state index >= 15 is 0 Å². The Balaban J connectivity index is 2.25. The van der Waals surface area contributed by atoms with Crippen molar-refractivity contribution < 1.29 is 19.1 Å². The maximum atomic E-state index is 13.6. The molecule has 1 N–H and O–H groups in total. The van der Waals surface area contributed by atoms with Crippen LogP contribution in [0.25, 0.3) is 0 Å². The number of carboxylic acid groups (broad SMARTS) is 1. The zero-order chi connectivity index (χ0) is 15.4. The maximum Gasteiger partial charge on any atom is 0.326 e. The molecule has 1 fully saturated rings. The monoisotopic (exact) mass is 311 g/mol. The molecule has 1 aromatic rings. The largest absolute Gasteiger partial charge is 0.480 e. The average molecular weight is 311 g/mol. The van der Waals surface area contributed by atoms with E-state index in [1.54, 1.807) is 0 Å². The first-order chi connectivity index (χ1) is 10.0. The van der Waals surface area contributed by atoms with Crippen LogP contribution in [0.5, 0.6) is 0 Å². The van der Waals surface area contributed by atoms with Crippen molar-refractivity contribution >= 4 is 23.6 Å². The van der Waals surface area contributed by atoms with Crippen LogP contribution in [-0.4, -0.2) is 40.7 Å². The molecule has 4 nitrogen and oxygen atoms in total. The number of amides is 1. The smallest absolute Gasteiger partial charge is 0.326 e. The molecule has 1 aliphatic heterocycles. The Morgan fingerprint density at radius 3 is 2.86 bits per heavy atom. The van der Waals surface area contributed by atoms with Crippen LogP contribution in [-0.2, 0) is 10.5 Å². The van der Waals surface area contributed by atoms with Gasteiger partial charge in [-0.2, -0.15) is 11.8 Å². The second-order valence-corrected chi connectivity index (χ2v) is 5.95. The number of halogens is 1. The van der Waals surface area contributed by atoms with Gasteiger partial charge in [-0.1, -0.05) is 0 Å². The van der Waals surface area contributed by atoms with Gasteiger partial charge in [-0.15, -0.1) is 0 Å². The highest BCUT2D eigenvalue weighted by Crippen LogP contribution is 2.22. The minimum Gasteiger partial charge on any atom is -0.480 e. The summed E-state index contributed by atoms with van der Waals surface area (Å²) in [6.07, 6.45) is 3.94. The van der Waals surface area contributed by atoms with E-state index in [-0.39, 0.29) is 11.7 Å². The first kappa shape index (κ1) is 15.8. The molecule has 6 heteroatoms. The fourth-order valence-electron chi connectivity index (χ4n) is 2.57. The summed E-state index contributed by atoms with van der Waals surface area (Å²) in [5.74, 6) is -1.16. The molecule has 0 unspecified atom stereocenters. The van der Waals surface area contributed by atoms with Gasteiger partial charge in [0.05, 0.1) is 0 Å². The van der Waals surface area contributed by atoms with Crippen molar-refractivity contribution in [3.8, 4) is 0 Å². The molecule has 1 saturated heterocycles. The van der Waals surface area contributed by atoms with Crippen molar-refractivity contribution in [1.82, 2.24) is 4.90 Å². The number of hydrogen-bond acceptors (Lipinski definition) is 3. The minimum absolute atomic E-state index is 0.329. The number of rotatable bonds is 4. The predicted molar refractivity (Wildman–Crippen MR) is 79.9 cm³/mol. The molecule has 2 rings (SSSR count). The van der Waals surface area contributed by atoms with Gasteiger partial charge in [-0.25, -0.2) is 9.18 Å². The van der Waals surface area contributed by atoms with Crippen molar-refractivity contribution in [2.24, 2.45) is 0 Å². The van der Waals surface area contributed by atoms with Crippen molar-refractivity contribution in [2.45, 2.75) is 31.1 Å².